The highest BCUT2D eigenvalue weighted by molar-refractivity contribution is 5.91. The topological polar surface area (TPSA) is 79.6 Å². The first-order valence-electron chi connectivity index (χ1n) is 8.98. The van der Waals surface area contributed by atoms with Crippen LogP contribution in [0.3, 0.4) is 0 Å². The summed E-state index contributed by atoms with van der Waals surface area (Å²) in [6.07, 6.45) is 0. The number of hydrogen-bond donors (Lipinski definition) is 0. The lowest BCUT2D eigenvalue weighted by Gasteiger charge is -2.17. The monoisotopic (exact) mass is 388 g/mol. The minimum Gasteiger partial charge on any atom is -0.497 e. The fourth-order valence-electron chi connectivity index (χ4n) is 2.90. The van der Waals surface area contributed by atoms with E-state index in [2.05, 4.69) is 0 Å². The van der Waals surface area contributed by atoms with Gasteiger partial charge in [0.1, 0.15) is 5.75 Å². The van der Waals surface area contributed by atoms with Crippen LogP contribution in [-0.4, -0.2) is 37.5 Å². The van der Waals surface area contributed by atoms with Gasteiger partial charge in [-0.15, -0.1) is 0 Å². The van der Waals surface area contributed by atoms with Crippen LogP contribution in [0.25, 0.3) is 10.8 Å². The number of ether oxygens (including phenoxy) is 2. The molecule has 0 aliphatic rings. The van der Waals surface area contributed by atoms with Gasteiger partial charge in [-0.05, 0) is 52.7 Å². The molecule has 0 aliphatic carbocycles. The van der Waals surface area contributed by atoms with Gasteiger partial charge >= 0.3 is 5.97 Å². The number of carbonyl (C=O) groups excluding carboxylic acids is 2. The van der Waals surface area contributed by atoms with Crippen LogP contribution in [0.2, 0.25) is 0 Å². The molecule has 0 bridgehead atoms. The Bertz CT molecular complexity index is 1100. The minimum atomic E-state index is -0.636. The lowest BCUT2D eigenvalue weighted by atomic mass is 10.1. The summed E-state index contributed by atoms with van der Waals surface area (Å²) in [6.45, 7) is 0.0269. The molecule has 0 spiro atoms. The second-order valence-electron chi connectivity index (χ2n) is 6.57. The number of methoxy groups -OCH3 is 1. The number of amides is 1. The number of hydrogen-bond acceptors (Lipinski definition) is 5. The van der Waals surface area contributed by atoms with Gasteiger partial charge in [-0.1, -0.05) is 24.3 Å². The molecule has 0 saturated heterocycles. The van der Waals surface area contributed by atoms with E-state index in [1.54, 1.807) is 32.4 Å². The van der Waals surface area contributed by atoms with Crippen molar-refractivity contribution in [3.05, 3.63) is 77.4 Å². The van der Waals surface area contributed by atoms with Gasteiger partial charge in [-0.25, -0.2) is 4.79 Å². The highest BCUT2D eigenvalue weighted by atomic mass is 16.5. The molecule has 0 N–H and O–H groups in total. The van der Waals surface area contributed by atoms with Crippen molar-refractivity contribution in [1.29, 1.82) is 5.26 Å². The Morgan fingerprint density at radius 2 is 1.79 bits per heavy atom. The third kappa shape index (κ3) is 4.90. The molecule has 146 valence electrons. The lowest BCUT2D eigenvalue weighted by Crippen LogP contribution is -2.30. The van der Waals surface area contributed by atoms with Crippen molar-refractivity contribution in [3.8, 4) is 11.8 Å². The maximum atomic E-state index is 12.3. The molecule has 6 nitrogen and oxygen atoms in total. The second kappa shape index (κ2) is 8.89. The summed E-state index contributed by atoms with van der Waals surface area (Å²) in [7, 11) is 3.29. The van der Waals surface area contributed by atoms with Crippen molar-refractivity contribution in [3.63, 3.8) is 0 Å². The van der Waals surface area contributed by atoms with Crippen molar-refractivity contribution < 1.29 is 19.1 Å². The van der Waals surface area contributed by atoms with Gasteiger partial charge in [0.2, 0.25) is 0 Å². The molecular weight excluding hydrogens is 368 g/mol. The smallest absolute Gasteiger partial charge is 0.338 e. The highest BCUT2D eigenvalue weighted by Gasteiger charge is 2.14. The van der Waals surface area contributed by atoms with Crippen molar-refractivity contribution in [2.45, 2.75) is 6.54 Å². The molecule has 0 heterocycles. The van der Waals surface area contributed by atoms with E-state index in [4.69, 9.17) is 14.7 Å². The molecule has 3 aromatic rings. The first kappa shape index (κ1) is 19.9. The summed E-state index contributed by atoms with van der Waals surface area (Å²) < 4.78 is 10.3. The molecule has 0 aromatic heterocycles. The average Bonchev–Trinajstić information content (AvgIpc) is 2.76. The van der Waals surface area contributed by atoms with E-state index in [9.17, 15) is 9.59 Å². The molecule has 0 aliphatic heterocycles. The Labute approximate surface area is 168 Å². The summed E-state index contributed by atoms with van der Waals surface area (Å²) >= 11 is 0. The maximum absolute atomic E-state index is 12.3. The van der Waals surface area contributed by atoms with E-state index in [-0.39, 0.29) is 18.1 Å². The van der Waals surface area contributed by atoms with Crippen molar-refractivity contribution in [1.82, 2.24) is 4.90 Å². The van der Waals surface area contributed by atoms with Crippen LogP contribution in [0.4, 0.5) is 0 Å². The number of benzene rings is 3. The highest BCUT2D eigenvalue weighted by Crippen LogP contribution is 2.22. The molecule has 1 amide bonds. The number of likely N-dealkylation sites (N-methyl/N-ethyl adjacent to an activating group) is 1. The van der Waals surface area contributed by atoms with E-state index in [0.29, 0.717) is 12.1 Å². The largest absolute Gasteiger partial charge is 0.497 e. The third-order valence-electron chi connectivity index (χ3n) is 4.51. The molecule has 0 atom stereocenters. The van der Waals surface area contributed by atoms with Gasteiger partial charge < -0.3 is 14.4 Å². The van der Waals surface area contributed by atoms with Gasteiger partial charge in [0.15, 0.2) is 6.61 Å². The van der Waals surface area contributed by atoms with Gasteiger partial charge in [0.25, 0.3) is 5.91 Å². The van der Waals surface area contributed by atoms with Crippen LogP contribution in [0.15, 0.2) is 60.7 Å². The summed E-state index contributed by atoms with van der Waals surface area (Å²) in [5.41, 5.74) is 1.56. The maximum Gasteiger partial charge on any atom is 0.338 e. The summed E-state index contributed by atoms with van der Waals surface area (Å²) in [6, 6.07) is 19.9. The third-order valence-corrected chi connectivity index (χ3v) is 4.51. The van der Waals surface area contributed by atoms with Gasteiger partial charge in [0, 0.05) is 13.6 Å². The number of nitrogens with zero attached hydrogens (tertiary/aromatic N) is 2. The summed E-state index contributed by atoms with van der Waals surface area (Å²) in [5, 5.41) is 11.0. The predicted octanol–water partition coefficient (Wildman–Crippen LogP) is 3.54. The molecule has 3 rings (SSSR count). The predicted molar refractivity (Wildman–Crippen MR) is 108 cm³/mol. The summed E-state index contributed by atoms with van der Waals surface area (Å²) in [5.74, 6) is -0.159. The Morgan fingerprint density at radius 3 is 2.55 bits per heavy atom. The van der Waals surface area contributed by atoms with Gasteiger partial charge in [0.05, 0.1) is 24.3 Å². The van der Waals surface area contributed by atoms with Crippen LogP contribution >= 0.6 is 0 Å². The minimum absolute atomic E-state index is 0.240. The molecule has 6 heteroatoms. The van der Waals surface area contributed by atoms with Crippen molar-refractivity contribution in [2.24, 2.45) is 0 Å². The van der Waals surface area contributed by atoms with Crippen molar-refractivity contribution in [2.75, 3.05) is 20.8 Å². The molecule has 3 aromatic carbocycles. The average molecular weight is 388 g/mol. The zero-order valence-electron chi connectivity index (χ0n) is 16.2. The SMILES string of the molecule is COc1ccc2cc(CN(C)C(=O)COC(=O)c3cccc(C#N)c3)ccc2c1. The Kier molecular flexibility index (Phi) is 6.10. The molecule has 0 unspecified atom stereocenters. The van der Waals surface area contributed by atoms with Crippen LogP contribution in [0, 0.1) is 11.3 Å². The van der Waals surface area contributed by atoms with E-state index in [1.165, 1.54) is 11.0 Å². The van der Waals surface area contributed by atoms with Gasteiger partial charge in [-0.3, -0.25) is 4.79 Å². The Hall–Kier alpha value is -3.85. The van der Waals surface area contributed by atoms with Crippen LogP contribution in [0.5, 0.6) is 5.75 Å². The molecule has 0 saturated carbocycles. The molecule has 29 heavy (non-hydrogen) atoms. The number of rotatable bonds is 6. The standard InChI is InChI=1S/C23H20N2O4/c1-25(14-17-6-7-19-12-21(28-2)9-8-18(19)11-17)22(26)15-29-23(27)20-5-3-4-16(10-20)13-24/h3-12H,14-15H2,1-2H3. The number of fused-ring (bicyclic) bond motifs is 1. The van der Waals surface area contributed by atoms with E-state index in [0.717, 1.165) is 22.1 Å². The number of esters is 1. The van der Waals surface area contributed by atoms with E-state index < -0.39 is 5.97 Å². The zero-order chi connectivity index (χ0) is 20.8. The lowest BCUT2D eigenvalue weighted by molar-refractivity contribution is -0.133. The second-order valence-corrected chi connectivity index (χ2v) is 6.57. The Morgan fingerprint density at radius 1 is 1.03 bits per heavy atom. The first-order valence-corrected chi connectivity index (χ1v) is 8.98. The first-order chi connectivity index (χ1) is 14.0. The summed E-state index contributed by atoms with van der Waals surface area (Å²) in [4.78, 5) is 25.9. The molecule has 0 radical (unpaired) electrons. The normalized spacial score (nSPS) is 10.2. The van der Waals surface area contributed by atoms with E-state index >= 15 is 0 Å². The Balaban J connectivity index is 1.59. The number of nitriles is 1. The molecule has 0 fully saturated rings. The fourth-order valence-corrected chi connectivity index (χ4v) is 2.90. The zero-order valence-corrected chi connectivity index (χ0v) is 16.2. The van der Waals surface area contributed by atoms with Gasteiger partial charge in [-0.2, -0.15) is 5.26 Å². The number of carbonyl (C=O) groups is 2. The van der Waals surface area contributed by atoms with E-state index in [1.807, 2.05) is 42.5 Å². The van der Waals surface area contributed by atoms with Crippen LogP contribution in [-0.2, 0) is 16.1 Å². The fraction of sp³-hybridized carbons (Fsp3) is 0.174. The molecular formula is C23H20N2O4. The van der Waals surface area contributed by atoms with Crippen LogP contribution in [0.1, 0.15) is 21.5 Å². The van der Waals surface area contributed by atoms with Crippen LogP contribution < -0.4 is 4.74 Å². The van der Waals surface area contributed by atoms with Crippen molar-refractivity contribution >= 4 is 22.6 Å². The quantitative estimate of drug-likeness (QED) is 0.604.